The van der Waals surface area contributed by atoms with E-state index in [1.807, 2.05) is 18.3 Å². The van der Waals surface area contributed by atoms with Crippen LogP contribution in [0.25, 0.3) is 11.3 Å². The Bertz CT molecular complexity index is 436. The molecule has 0 N–H and O–H groups in total. The van der Waals surface area contributed by atoms with Gasteiger partial charge in [-0.1, -0.05) is 12.1 Å². The Morgan fingerprint density at radius 3 is 2.33 bits per heavy atom. The molecule has 3 heteroatoms. The lowest BCUT2D eigenvalue weighted by atomic mass is 10.1. The van der Waals surface area contributed by atoms with Gasteiger partial charge in [-0.15, -0.1) is 11.8 Å². The Balaban J connectivity index is 2.33. The maximum atomic E-state index is 4.35. The molecule has 0 radical (unpaired) electrons. The van der Waals surface area contributed by atoms with Crippen molar-refractivity contribution in [2.24, 2.45) is 0 Å². The van der Waals surface area contributed by atoms with Crippen LogP contribution in [0.15, 0.2) is 52.0 Å². The van der Waals surface area contributed by atoms with Crippen molar-refractivity contribution in [2.45, 2.75) is 4.90 Å². The summed E-state index contributed by atoms with van der Waals surface area (Å²) in [6, 6.07) is 12.4. The van der Waals surface area contributed by atoms with Gasteiger partial charge in [0.25, 0.3) is 0 Å². The van der Waals surface area contributed by atoms with Crippen molar-refractivity contribution in [3.63, 3.8) is 0 Å². The second-order valence-corrected chi connectivity index (χ2v) is 4.89. The van der Waals surface area contributed by atoms with E-state index in [2.05, 4.69) is 51.4 Å². The minimum Gasteiger partial charge on any atom is -0.255 e. The smallest absolute Gasteiger partial charge is 0.0702 e. The summed E-state index contributed by atoms with van der Waals surface area (Å²) in [7, 11) is 0. The summed E-state index contributed by atoms with van der Waals surface area (Å²) in [5.74, 6) is 0. The predicted octanol–water partition coefficient (Wildman–Crippen LogP) is 4.23. The van der Waals surface area contributed by atoms with Gasteiger partial charge < -0.3 is 0 Å². The fourth-order valence-electron chi connectivity index (χ4n) is 1.31. The number of hydrogen-bond acceptors (Lipinski definition) is 2. The highest BCUT2D eigenvalue weighted by Gasteiger charge is 1.98. The minimum atomic E-state index is 1.01. The Labute approximate surface area is 102 Å². The standard InChI is InChI=1S/C12H10BrNS/c1-15-11-5-2-9(3-6-11)12-7-4-10(13)8-14-12/h2-8H,1H3. The first-order valence-corrected chi connectivity index (χ1v) is 6.57. The summed E-state index contributed by atoms with van der Waals surface area (Å²) in [4.78, 5) is 5.62. The number of thioether (sulfide) groups is 1. The molecule has 0 aliphatic rings. The molecule has 0 saturated carbocycles. The zero-order valence-electron chi connectivity index (χ0n) is 8.27. The van der Waals surface area contributed by atoms with Crippen LogP contribution in [0, 0.1) is 0 Å². The molecular formula is C12H10BrNS. The lowest BCUT2D eigenvalue weighted by Gasteiger charge is -2.01. The van der Waals surface area contributed by atoms with Gasteiger partial charge in [-0.05, 0) is 46.5 Å². The molecule has 2 rings (SSSR count). The maximum absolute atomic E-state index is 4.35. The van der Waals surface area contributed by atoms with E-state index in [9.17, 15) is 0 Å². The Morgan fingerprint density at radius 2 is 1.80 bits per heavy atom. The molecule has 0 bridgehead atoms. The summed E-state index contributed by atoms with van der Waals surface area (Å²) in [5.41, 5.74) is 2.16. The predicted molar refractivity (Wildman–Crippen MR) is 69.2 cm³/mol. The third kappa shape index (κ3) is 2.61. The van der Waals surface area contributed by atoms with Gasteiger partial charge in [-0.2, -0.15) is 0 Å². The molecular weight excluding hydrogens is 270 g/mol. The quantitative estimate of drug-likeness (QED) is 0.763. The van der Waals surface area contributed by atoms with E-state index < -0.39 is 0 Å². The second kappa shape index (κ2) is 4.81. The molecule has 0 unspecified atom stereocenters. The SMILES string of the molecule is CSc1ccc(-c2ccc(Br)cn2)cc1. The Hall–Kier alpha value is -0.800. The monoisotopic (exact) mass is 279 g/mol. The molecule has 1 heterocycles. The van der Waals surface area contributed by atoms with E-state index in [1.165, 1.54) is 4.90 Å². The molecule has 15 heavy (non-hydrogen) atoms. The fourth-order valence-corrected chi connectivity index (χ4v) is 1.95. The van der Waals surface area contributed by atoms with Crippen LogP contribution < -0.4 is 0 Å². The van der Waals surface area contributed by atoms with Crippen LogP contribution in [0.1, 0.15) is 0 Å². The van der Waals surface area contributed by atoms with Crippen molar-refractivity contribution in [2.75, 3.05) is 6.26 Å². The van der Waals surface area contributed by atoms with E-state index in [-0.39, 0.29) is 0 Å². The van der Waals surface area contributed by atoms with Crippen molar-refractivity contribution >= 4 is 27.7 Å². The number of halogens is 1. The van der Waals surface area contributed by atoms with E-state index in [4.69, 9.17) is 0 Å². The highest BCUT2D eigenvalue weighted by molar-refractivity contribution is 9.10. The number of nitrogens with zero attached hydrogens (tertiary/aromatic N) is 1. The van der Waals surface area contributed by atoms with Crippen LogP contribution in [0.3, 0.4) is 0 Å². The summed E-state index contributed by atoms with van der Waals surface area (Å²) in [6.45, 7) is 0. The molecule has 2 aromatic rings. The number of pyridine rings is 1. The topological polar surface area (TPSA) is 12.9 Å². The number of benzene rings is 1. The lowest BCUT2D eigenvalue weighted by molar-refractivity contribution is 1.30. The average molecular weight is 280 g/mol. The van der Waals surface area contributed by atoms with Gasteiger partial charge in [-0.3, -0.25) is 4.98 Å². The van der Waals surface area contributed by atoms with E-state index in [0.29, 0.717) is 0 Å². The molecule has 0 amide bonds. The number of hydrogen-bond donors (Lipinski definition) is 0. The molecule has 1 aromatic carbocycles. The first-order chi connectivity index (χ1) is 7.29. The van der Waals surface area contributed by atoms with Gasteiger partial charge >= 0.3 is 0 Å². The highest BCUT2D eigenvalue weighted by Crippen LogP contribution is 2.22. The summed E-state index contributed by atoms with van der Waals surface area (Å²) < 4.78 is 1.01. The molecule has 1 nitrogen and oxygen atoms in total. The number of rotatable bonds is 2. The molecule has 0 fully saturated rings. The maximum Gasteiger partial charge on any atom is 0.0702 e. The molecule has 1 aromatic heterocycles. The van der Waals surface area contributed by atoms with Gasteiger partial charge in [0.05, 0.1) is 5.69 Å². The summed E-state index contributed by atoms with van der Waals surface area (Å²) in [6.07, 6.45) is 3.89. The normalized spacial score (nSPS) is 10.3. The van der Waals surface area contributed by atoms with E-state index in [1.54, 1.807) is 11.8 Å². The van der Waals surface area contributed by atoms with Gasteiger partial charge in [0, 0.05) is 21.1 Å². The van der Waals surface area contributed by atoms with Gasteiger partial charge in [0.2, 0.25) is 0 Å². The van der Waals surface area contributed by atoms with Crippen LogP contribution in [-0.2, 0) is 0 Å². The van der Waals surface area contributed by atoms with Crippen molar-refractivity contribution in [3.8, 4) is 11.3 Å². The second-order valence-electron chi connectivity index (χ2n) is 3.09. The number of aromatic nitrogens is 1. The van der Waals surface area contributed by atoms with Gasteiger partial charge in [-0.25, -0.2) is 0 Å². The molecule has 0 aliphatic carbocycles. The Kier molecular flexibility index (Phi) is 3.44. The lowest BCUT2D eigenvalue weighted by Crippen LogP contribution is -1.82. The zero-order valence-corrected chi connectivity index (χ0v) is 10.7. The van der Waals surface area contributed by atoms with Crippen LogP contribution in [0.5, 0.6) is 0 Å². The third-order valence-electron chi connectivity index (χ3n) is 2.11. The van der Waals surface area contributed by atoms with Crippen molar-refractivity contribution in [1.29, 1.82) is 0 Å². The van der Waals surface area contributed by atoms with Gasteiger partial charge in [0.15, 0.2) is 0 Å². The van der Waals surface area contributed by atoms with Crippen molar-refractivity contribution in [3.05, 3.63) is 47.1 Å². The van der Waals surface area contributed by atoms with E-state index >= 15 is 0 Å². The zero-order chi connectivity index (χ0) is 10.7. The summed E-state index contributed by atoms with van der Waals surface area (Å²) in [5, 5.41) is 0. The molecule has 0 atom stereocenters. The molecule has 0 saturated heterocycles. The van der Waals surface area contributed by atoms with E-state index in [0.717, 1.165) is 15.7 Å². The largest absolute Gasteiger partial charge is 0.255 e. The van der Waals surface area contributed by atoms with Crippen LogP contribution in [0.2, 0.25) is 0 Å². The average Bonchev–Trinajstić information content (AvgIpc) is 2.30. The first kappa shape index (κ1) is 10.7. The summed E-state index contributed by atoms with van der Waals surface area (Å²) >= 11 is 5.12. The molecule has 76 valence electrons. The van der Waals surface area contributed by atoms with Crippen molar-refractivity contribution < 1.29 is 0 Å². The Morgan fingerprint density at radius 1 is 1.07 bits per heavy atom. The van der Waals surface area contributed by atoms with Crippen molar-refractivity contribution in [1.82, 2.24) is 4.98 Å². The van der Waals surface area contributed by atoms with Gasteiger partial charge in [0.1, 0.15) is 0 Å². The van der Waals surface area contributed by atoms with Crippen LogP contribution in [0.4, 0.5) is 0 Å². The van der Waals surface area contributed by atoms with Crippen LogP contribution >= 0.6 is 27.7 Å². The van der Waals surface area contributed by atoms with Crippen LogP contribution in [-0.4, -0.2) is 11.2 Å². The third-order valence-corrected chi connectivity index (χ3v) is 3.33. The minimum absolute atomic E-state index is 1.01. The first-order valence-electron chi connectivity index (χ1n) is 4.55. The molecule has 0 spiro atoms. The highest BCUT2D eigenvalue weighted by atomic mass is 79.9. The fraction of sp³-hybridized carbons (Fsp3) is 0.0833. The molecule has 0 aliphatic heterocycles.